The van der Waals surface area contributed by atoms with E-state index in [0.29, 0.717) is 0 Å². The second-order valence-corrected chi connectivity index (χ2v) is 8.79. The first-order valence-electron chi connectivity index (χ1n) is 5.76. The van der Waals surface area contributed by atoms with Crippen LogP contribution in [0, 0.1) is 6.92 Å². The molecule has 0 atom stereocenters. The maximum absolute atomic E-state index is 14.2. The van der Waals surface area contributed by atoms with Gasteiger partial charge in [-0.25, -0.2) is 22.5 Å². The summed E-state index contributed by atoms with van der Waals surface area (Å²) in [5, 5.41) is 3.05. The van der Waals surface area contributed by atoms with Gasteiger partial charge in [0.15, 0.2) is 16.7 Å². The maximum atomic E-state index is 14.2. The standard InChI is InChI=1S/C10H13Cl2FN4O3S/c1-5-14-8(17(4)15-5)10(11,12)21(18,19)7-6(13)9(2,3)20-16-7/h16H,1-4H3. The van der Waals surface area contributed by atoms with Crippen molar-refractivity contribution in [1.29, 1.82) is 0 Å². The van der Waals surface area contributed by atoms with Gasteiger partial charge in [-0.15, -0.1) is 0 Å². The Morgan fingerprint density at radius 3 is 2.38 bits per heavy atom. The van der Waals surface area contributed by atoms with E-state index in [2.05, 4.69) is 10.1 Å². The van der Waals surface area contributed by atoms with Crippen molar-refractivity contribution in [2.75, 3.05) is 0 Å². The van der Waals surface area contributed by atoms with Gasteiger partial charge in [0.05, 0.1) is 0 Å². The second kappa shape index (κ2) is 4.80. The Morgan fingerprint density at radius 2 is 2.00 bits per heavy atom. The van der Waals surface area contributed by atoms with E-state index >= 15 is 0 Å². The zero-order chi connectivity index (χ0) is 16.2. The molecular formula is C10H13Cl2FN4O3S. The number of halogens is 3. The molecule has 2 heterocycles. The fourth-order valence-corrected chi connectivity index (χ4v) is 3.82. The average molecular weight is 359 g/mol. The van der Waals surface area contributed by atoms with Gasteiger partial charge in [-0.3, -0.25) is 10.3 Å². The zero-order valence-electron chi connectivity index (χ0n) is 11.6. The Morgan fingerprint density at radius 1 is 1.43 bits per heavy atom. The second-order valence-electron chi connectivity index (χ2n) is 4.98. The predicted octanol–water partition coefficient (Wildman–Crippen LogP) is 1.58. The zero-order valence-corrected chi connectivity index (χ0v) is 13.9. The van der Waals surface area contributed by atoms with E-state index in [0.717, 1.165) is 4.68 Å². The van der Waals surface area contributed by atoms with Crippen LogP contribution in [0.4, 0.5) is 4.39 Å². The number of nitrogens with zero attached hydrogens (tertiary/aromatic N) is 3. The Bertz CT molecular complexity index is 727. The number of nitrogens with one attached hydrogen (secondary N) is 1. The molecule has 1 aromatic rings. The lowest BCUT2D eigenvalue weighted by Gasteiger charge is -2.19. The smallest absolute Gasteiger partial charge is 0.262 e. The fraction of sp³-hybridized carbons (Fsp3) is 0.600. The first kappa shape index (κ1) is 16.5. The van der Waals surface area contributed by atoms with Crippen LogP contribution in [0.15, 0.2) is 10.9 Å². The molecule has 1 aromatic heterocycles. The summed E-state index contributed by atoms with van der Waals surface area (Å²) in [4.78, 5) is 8.76. The first-order valence-corrected chi connectivity index (χ1v) is 8.00. The molecule has 1 aliphatic heterocycles. The molecule has 0 aromatic carbocycles. The van der Waals surface area contributed by atoms with Crippen LogP contribution in [-0.4, -0.2) is 28.8 Å². The van der Waals surface area contributed by atoms with Crippen molar-refractivity contribution in [1.82, 2.24) is 20.2 Å². The van der Waals surface area contributed by atoms with Gasteiger partial charge in [0, 0.05) is 7.05 Å². The minimum absolute atomic E-state index is 0.241. The number of sulfone groups is 1. The van der Waals surface area contributed by atoms with Crippen LogP contribution < -0.4 is 5.48 Å². The van der Waals surface area contributed by atoms with Gasteiger partial charge in [-0.1, -0.05) is 23.2 Å². The molecule has 118 valence electrons. The van der Waals surface area contributed by atoms with E-state index in [-0.39, 0.29) is 11.6 Å². The van der Waals surface area contributed by atoms with Crippen LogP contribution in [0.25, 0.3) is 0 Å². The van der Waals surface area contributed by atoms with Crippen molar-refractivity contribution >= 4 is 33.0 Å². The molecule has 0 radical (unpaired) electrons. The predicted molar refractivity (Wildman–Crippen MR) is 74.5 cm³/mol. The number of aromatic nitrogens is 3. The summed E-state index contributed by atoms with van der Waals surface area (Å²) in [5.41, 5.74) is 0.587. The van der Waals surface area contributed by atoms with E-state index in [1.54, 1.807) is 6.92 Å². The van der Waals surface area contributed by atoms with Crippen LogP contribution in [-0.2, 0) is 25.4 Å². The van der Waals surface area contributed by atoms with Gasteiger partial charge in [0.25, 0.3) is 3.67 Å². The van der Waals surface area contributed by atoms with E-state index < -0.39 is 30.0 Å². The van der Waals surface area contributed by atoms with Crippen molar-refractivity contribution in [2.45, 2.75) is 30.0 Å². The first-order chi connectivity index (χ1) is 9.41. The van der Waals surface area contributed by atoms with Crippen LogP contribution in [0.2, 0.25) is 0 Å². The van der Waals surface area contributed by atoms with Gasteiger partial charge in [0.1, 0.15) is 11.4 Å². The van der Waals surface area contributed by atoms with E-state index in [1.165, 1.54) is 20.9 Å². The molecule has 1 N–H and O–H groups in total. The summed E-state index contributed by atoms with van der Waals surface area (Å²) in [5.74, 6) is -0.985. The molecule has 0 amide bonds. The Balaban J connectivity index is 2.59. The highest BCUT2D eigenvalue weighted by atomic mass is 35.5. The van der Waals surface area contributed by atoms with Crippen LogP contribution in [0.5, 0.6) is 0 Å². The van der Waals surface area contributed by atoms with Gasteiger partial charge >= 0.3 is 0 Å². The average Bonchev–Trinajstić information content (AvgIpc) is 2.80. The highest BCUT2D eigenvalue weighted by molar-refractivity contribution is 7.98. The molecule has 0 fully saturated rings. The summed E-state index contributed by atoms with van der Waals surface area (Å²) in [7, 11) is -3.12. The third kappa shape index (κ3) is 2.41. The summed E-state index contributed by atoms with van der Waals surface area (Å²) in [6.45, 7) is 4.25. The molecule has 7 nitrogen and oxygen atoms in total. The highest BCUT2D eigenvalue weighted by Gasteiger charge is 2.53. The maximum Gasteiger partial charge on any atom is 0.282 e. The SMILES string of the molecule is Cc1nc(C(Cl)(Cl)S(=O)(=O)C2=C(F)C(C)(C)ON2)n(C)n1. The van der Waals surface area contributed by atoms with Crippen LogP contribution >= 0.6 is 23.2 Å². The highest BCUT2D eigenvalue weighted by Crippen LogP contribution is 2.45. The minimum Gasteiger partial charge on any atom is -0.262 e. The quantitative estimate of drug-likeness (QED) is 0.825. The summed E-state index contributed by atoms with van der Waals surface area (Å²) in [6.07, 6.45) is 0. The van der Waals surface area contributed by atoms with E-state index in [9.17, 15) is 12.8 Å². The minimum atomic E-state index is -4.54. The number of hydrogen-bond acceptors (Lipinski definition) is 6. The summed E-state index contributed by atoms with van der Waals surface area (Å²) < 4.78 is 37.8. The molecule has 0 spiro atoms. The Kier molecular flexibility index (Phi) is 3.77. The normalized spacial score (nSPS) is 19.0. The monoisotopic (exact) mass is 358 g/mol. The van der Waals surface area contributed by atoms with Gasteiger partial charge in [-0.2, -0.15) is 5.10 Å². The topological polar surface area (TPSA) is 86.1 Å². The number of hydroxylamine groups is 1. The molecule has 0 unspecified atom stereocenters. The largest absolute Gasteiger partial charge is 0.282 e. The third-order valence-corrected chi connectivity index (χ3v) is 6.08. The van der Waals surface area contributed by atoms with Gasteiger partial charge in [0.2, 0.25) is 9.84 Å². The number of alkyl halides is 2. The molecular weight excluding hydrogens is 346 g/mol. The van der Waals surface area contributed by atoms with Crippen molar-refractivity contribution in [3.05, 3.63) is 22.5 Å². The Hall–Kier alpha value is -0.900. The Labute approximate surface area is 130 Å². The third-order valence-electron chi connectivity index (χ3n) is 2.86. The summed E-state index contributed by atoms with van der Waals surface area (Å²) >= 11 is 11.9. The van der Waals surface area contributed by atoms with Gasteiger partial charge < -0.3 is 0 Å². The molecule has 0 saturated heterocycles. The van der Waals surface area contributed by atoms with Crippen LogP contribution in [0.1, 0.15) is 25.5 Å². The van der Waals surface area contributed by atoms with Crippen molar-refractivity contribution < 1.29 is 17.6 Å². The molecule has 0 bridgehead atoms. The van der Waals surface area contributed by atoms with Crippen LogP contribution in [0.3, 0.4) is 0 Å². The lowest BCUT2D eigenvalue weighted by Crippen LogP contribution is -2.32. The lowest BCUT2D eigenvalue weighted by molar-refractivity contribution is -0.0271. The van der Waals surface area contributed by atoms with E-state index in [4.69, 9.17) is 28.0 Å². The van der Waals surface area contributed by atoms with E-state index in [1.807, 2.05) is 5.48 Å². The molecule has 2 rings (SSSR count). The molecule has 0 saturated carbocycles. The molecule has 1 aliphatic rings. The molecule has 21 heavy (non-hydrogen) atoms. The lowest BCUT2D eigenvalue weighted by atomic mass is 10.1. The number of aryl methyl sites for hydroxylation is 2. The number of rotatable bonds is 3. The fourth-order valence-electron chi connectivity index (χ4n) is 1.72. The summed E-state index contributed by atoms with van der Waals surface area (Å²) in [6, 6.07) is 0. The molecule has 11 heteroatoms. The van der Waals surface area contributed by atoms with Crippen molar-refractivity contribution in [2.24, 2.45) is 7.05 Å². The van der Waals surface area contributed by atoms with Gasteiger partial charge in [-0.05, 0) is 20.8 Å². The van der Waals surface area contributed by atoms with Crippen molar-refractivity contribution in [3.63, 3.8) is 0 Å². The van der Waals surface area contributed by atoms with Crippen molar-refractivity contribution in [3.8, 4) is 0 Å². The number of hydrogen-bond donors (Lipinski definition) is 1. The molecule has 0 aliphatic carbocycles.